The summed E-state index contributed by atoms with van der Waals surface area (Å²) in [5.41, 5.74) is 2.60. The number of aryl methyl sites for hydroxylation is 1. The van der Waals surface area contributed by atoms with Gasteiger partial charge in [0.2, 0.25) is 11.1 Å². The molecular weight excluding hydrogens is 378 g/mol. The molecule has 0 unspecified atom stereocenters. The molecule has 2 aromatic carbocycles. The fourth-order valence-electron chi connectivity index (χ4n) is 2.79. The predicted octanol–water partition coefficient (Wildman–Crippen LogP) is 2.86. The monoisotopic (exact) mass is 397 g/mol. The Hall–Kier alpha value is -3.07. The summed E-state index contributed by atoms with van der Waals surface area (Å²) >= 11 is 1.28. The van der Waals surface area contributed by atoms with Gasteiger partial charge in [0.15, 0.2) is 11.5 Å². The van der Waals surface area contributed by atoms with E-state index in [1.165, 1.54) is 11.8 Å². The molecule has 1 aromatic heterocycles. The molecule has 3 aromatic rings. The van der Waals surface area contributed by atoms with E-state index in [-0.39, 0.29) is 11.7 Å². The van der Waals surface area contributed by atoms with E-state index in [9.17, 15) is 4.79 Å². The van der Waals surface area contributed by atoms with Crippen molar-refractivity contribution in [1.29, 1.82) is 0 Å². The van der Waals surface area contributed by atoms with Crippen LogP contribution >= 0.6 is 11.8 Å². The highest BCUT2D eigenvalue weighted by molar-refractivity contribution is 7.99. The van der Waals surface area contributed by atoms with E-state index >= 15 is 0 Å². The summed E-state index contributed by atoms with van der Waals surface area (Å²) in [6, 6.07) is 13.2. The first-order chi connectivity index (χ1) is 13.7. The molecule has 8 nitrogen and oxygen atoms in total. The zero-order chi connectivity index (χ0) is 19.3. The Balaban J connectivity index is 1.40. The van der Waals surface area contributed by atoms with Gasteiger partial charge in [0, 0.05) is 18.2 Å². The van der Waals surface area contributed by atoms with Gasteiger partial charge in [-0.3, -0.25) is 4.79 Å². The topological polar surface area (TPSA) is 91.2 Å². The van der Waals surface area contributed by atoms with Crippen LogP contribution in [0.4, 0.5) is 5.69 Å². The van der Waals surface area contributed by atoms with Gasteiger partial charge in [0.25, 0.3) is 0 Å². The molecule has 1 N–H and O–H groups in total. The zero-order valence-corrected chi connectivity index (χ0v) is 16.1. The molecule has 1 aliphatic rings. The molecule has 0 fully saturated rings. The van der Waals surface area contributed by atoms with Crippen molar-refractivity contribution in [3.05, 3.63) is 48.0 Å². The van der Waals surface area contributed by atoms with Crippen molar-refractivity contribution in [3.63, 3.8) is 0 Å². The normalized spacial score (nSPS) is 13.0. The minimum Gasteiger partial charge on any atom is -0.490 e. The number of tetrazole rings is 1. The third kappa shape index (κ3) is 4.09. The number of hydrogen-bond donors (Lipinski definition) is 1. The van der Waals surface area contributed by atoms with Crippen molar-refractivity contribution in [2.24, 2.45) is 0 Å². The number of nitrogens with zero attached hydrogens (tertiary/aromatic N) is 4. The predicted molar refractivity (Wildman–Crippen MR) is 105 cm³/mol. The number of ether oxygens (including phenoxy) is 2. The number of thioether (sulfide) groups is 1. The van der Waals surface area contributed by atoms with Gasteiger partial charge in [-0.05, 0) is 41.1 Å². The van der Waals surface area contributed by atoms with E-state index in [1.807, 2.05) is 37.3 Å². The molecule has 0 radical (unpaired) electrons. The van der Waals surface area contributed by atoms with Crippen molar-refractivity contribution < 1.29 is 14.3 Å². The van der Waals surface area contributed by atoms with E-state index in [1.54, 1.807) is 16.8 Å². The van der Waals surface area contributed by atoms with Gasteiger partial charge in [-0.25, -0.2) is 0 Å². The van der Waals surface area contributed by atoms with Crippen molar-refractivity contribution in [3.8, 4) is 17.2 Å². The Morgan fingerprint density at radius 1 is 1.18 bits per heavy atom. The Bertz CT molecular complexity index is 991. The van der Waals surface area contributed by atoms with Gasteiger partial charge in [0.05, 0.1) is 24.7 Å². The van der Waals surface area contributed by atoms with Gasteiger partial charge in [-0.1, -0.05) is 30.0 Å². The van der Waals surface area contributed by atoms with Crippen molar-refractivity contribution >= 4 is 23.4 Å². The van der Waals surface area contributed by atoms with Crippen LogP contribution in [0.3, 0.4) is 0 Å². The zero-order valence-electron chi connectivity index (χ0n) is 15.3. The lowest BCUT2D eigenvalue weighted by Gasteiger charge is -2.10. The minimum absolute atomic E-state index is 0.154. The molecular formula is C19H19N5O3S. The molecule has 0 atom stereocenters. The van der Waals surface area contributed by atoms with E-state index in [4.69, 9.17) is 9.47 Å². The van der Waals surface area contributed by atoms with Crippen LogP contribution in [0.2, 0.25) is 0 Å². The third-order valence-electron chi connectivity index (χ3n) is 4.15. The van der Waals surface area contributed by atoms with E-state index in [0.717, 1.165) is 17.7 Å². The van der Waals surface area contributed by atoms with Gasteiger partial charge in [-0.15, -0.1) is 5.10 Å². The quantitative estimate of drug-likeness (QED) is 0.662. The average molecular weight is 397 g/mol. The van der Waals surface area contributed by atoms with Gasteiger partial charge in [0.1, 0.15) is 0 Å². The SMILES string of the molecule is Cc1ccccc1-n1nnnc1SCC(=O)Nc1ccc2c(c1)OCCCO2. The molecule has 144 valence electrons. The maximum Gasteiger partial charge on any atom is 0.234 e. The highest BCUT2D eigenvalue weighted by Gasteiger charge is 2.15. The third-order valence-corrected chi connectivity index (χ3v) is 5.07. The molecule has 2 heterocycles. The molecule has 1 aliphatic heterocycles. The van der Waals surface area contributed by atoms with Crippen LogP contribution in [-0.2, 0) is 4.79 Å². The Morgan fingerprint density at radius 3 is 2.86 bits per heavy atom. The van der Waals surface area contributed by atoms with Crippen LogP contribution in [0.1, 0.15) is 12.0 Å². The van der Waals surface area contributed by atoms with Crippen LogP contribution in [0.25, 0.3) is 5.69 Å². The summed E-state index contributed by atoms with van der Waals surface area (Å²) in [4.78, 5) is 12.4. The molecule has 1 amide bonds. The Morgan fingerprint density at radius 2 is 2.00 bits per heavy atom. The number of benzene rings is 2. The molecule has 0 bridgehead atoms. The second-order valence-electron chi connectivity index (χ2n) is 6.21. The highest BCUT2D eigenvalue weighted by atomic mass is 32.2. The second-order valence-corrected chi connectivity index (χ2v) is 7.15. The van der Waals surface area contributed by atoms with Gasteiger partial charge >= 0.3 is 0 Å². The lowest BCUT2D eigenvalue weighted by molar-refractivity contribution is -0.113. The number of nitrogens with one attached hydrogen (secondary N) is 1. The smallest absolute Gasteiger partial charge is 0.234 e. The van der Waals surface area contributed by atoms with Crippen molar-refractivity contribution in [1.82, 2.24) is 20.2 Å². The summed E-state index contributed by atoms with van der Waals surface area (Å²) in [5, 5.41) is 15.2. The van der Waals surface area contributed by atoms with Crippen molar-refractivity contribution in [2.45, 2.75) is 18.5 Å². The maximum absolute atomic E-state index is 12.4. The van der Waals surface area contributed by atoms with Crippen LogP contribution in [0.5, 0.6) is 11.5 Å². The first-order valence-electron chi connectivity index (χ1n) is 8.87. The number of rotatable bonds is 5. The van der Waals surface area contributed by atoms with E-state index < -0.39 is 0 Å². The van der Waals surface area contributed by atoms with Crippen LogP contribution in [0.15, 0.2) is 47.6 Å². The lowest BCUT2D eigenvalue weighted by atomic mass is 10.2. The molecule has 28 heavy (non-hydrogen) atoms. The number of para-hydroxylation sites is 1. The molecule has 0 aliphatic carbocycles. The molecule has 4 rings (SSSR count). The highest BCUT2D eigenvalue weighted by Crippen LogP contribution is 2.32. The average Bonchev–Trinajstić information content (AvgIpc) is 3.03. The van der Waals surface area contributed by atoms with Crippen LogP contribution < -0.4 is 14.8 Å². The molecule has 9 heteroatoms. The lowest BCUT2D eigenvalue weighted by Crippen LogP contribution is -2.14. The van der Waals surface area contributed by atoms with E-state index in [0.29, 0.717) is 35.6 Å². The Kier molecular flexibility index (Phi) is 5.43. The summed E-state index contributed by atoms with van der Waals surface area (Å²) < 4.78 is 12.9. The second kappa shape index (κ2) is 8.30. The minimum atomic E-state index is -0.154. The number of hydrogen-bond acceptors (Lipinski definition) is 7. The number of amides is 1. The number of fused-ring (bicyclic) bond motifs is 1. The number of carbonyl (C=O) groups is 1. The molecule has 0 saturated heterocycles. The number of aromatic nitrogens is 4. The van der Waals surface area contributed by atoms with Gasteiger partial charge in [-0.2, -0.15) is 4.68 Å². The molecule has 0 saturated carbocycles. The fraction of sp³-hybridized carbons (Fsp3) is 0.263. The fourth-order valence-corrected chi connectivity index (χ4v) is 3.47. The summed E-state index contributed by atoms with van der Waals surface area (Å²) in [6.45, 7) is 3.22. The largest absolute Gasteiger partial charge is 0.490 e. The standard InChI is InChI=1S/C19H19N5O3S/c1-13-5-2-3-6-15(13)24-19(21-22-23-24)28-12-18(25)20-14-7-8-16-17(11-14)27-10-4-9-26-16/h2-3,5-8,11H,4,9-10,12H2,1H3,(H,20,25). The Labute approximate surface area is 166 Å². The maximum atomic E-state index is 12.4. The van der Waals surface area contributed by atoms with Crippen molar-refractivity contribution in [2.75, 3.05) is 24.3 Å². The number of carbonyl (C=O) groups excluding carboxylic acids is 1. The molecule has 0 spiro atoms. The first-order valence-corrected chi connectivity index (χ1v) is 9.86. The first kappa shape index (κ1) is 18.3. The van der Waals surface area contributed by atoms with Crippen LogP contribution in [-0.4, -0.2) is 45.1 Å². The van der Waals surface area contributed by atoms with Gasteiger partial charge < -0.3 is 14.8 Å². The number of anilines is 1. The summed E-state index contributed by atoms with van der Waals surface area (Å²) in [5.74, 6) is 1.37. The van der Waals surface area contributed by atoms with E-state index in [2.05, 4.69) is 20.8 Å². The van der Waals surface area contributed by atoms with Crippen LogP contribution in [0, 0.1) is 6.92 Å². The summed E-state index contributed by atoms with van der Waals surface area (Å²) in [6.07, 6.45) is 0.836. The summed E-state index contributed by atoms with van der Waals surface area (Å²) in [7, 11) is 0.